The zero-order valence-corrected chi connectivity index (χ0v) is 11.5. The molecule has 0 saturated carbocycles. The lowest BCUT2D eigenvalue weighted by atomic mass is 10.2. The number of hydrogen-bond acceptors (Lipinski definition) is 5. The first-order chi connectivity index (χ1) is 9.19. The summed E-state index contributed by atoms with van der Waals surface area (Å²) in [5.74, 6) is 0.254. The van der Waals surface area contributed by atoms with Gasteiger partial charge in [0.25, 0.3) is 5.91 Å². The SMILES string of the molecule is CCc1cc(C(=O)NCCc2nccs2)cc(N)n1. The van der Waals surface area contributed by atoms with Crippen molar-refractivity contribution in [3.63, 3.8) is 0 Å². The van der Waals surface area contributed by atoms with E-state index in [1.165, 1.54) is 0 Å². The number of amides is 1. The van der Waals surface area contributed by atoms with Gasteiger partial charge in [0.05, 0.1) is 5.01 Å². The minimum absolute atomic E-state index is 0.125. The van der Waals surface area contributed by atoms with Crippen molar-refractivity contribution in [3.05, 3.63) is 40.0 Å². The van der Waals surface area contributed by atoms with Crippen molar-refractivity contribution in [2.24, 2.45) is 0 Å². The first-order valence-electron chi connectivity index (χ1n) is 6.12. The van der Waals surface area contributed by atoms with Gasteiger partial charge in [-0.2, -0.15) is 0 Å². The Morgan fingerprint density at radius 3 is 3.00 bits per heavy atom. The number of nitrogens with one attached hydrogen (secondary N) is 1. The minimum Gasteiger partial charge on any atom is -0.384 e. The molecule has 1 amide bonds. The summed E-state index contributed by atoms with van der Waals surface area (Å²) in [7, 11) is 0. The second-order valence-electron chi connectivity index (χ2n) is 4.06. The summed E-state index contributed by atoms with van der Waals surface area (Å²) in [5.41, 5.74) is 7.06. The van der Waals surface area contributed by atoms with Gasteiger partial charge >= 0.3 is 0 Å². The molecule has 0 aromatic carbocycles. The molecule has 0 spiro atoms. The summed E-state index contributed by atoms with van der Waals surface area (Å²) in [6, 6.07) is 3.37. The van der Waals surface area contributed by atoms with Gasteiger partial charge in [-0.25, -0.2) is 9.97 Å². The van der Waals surface area contributed by atoms with Crippen LogP contribution in [-0.4, -0.2) is 22.4 Å². The molecule has 0 fully saturated rings. The molecule has 5 nitrogen and oxygen atoms in total. The van der Waals surface area contributed by atoms with Gasteiger partial charge in [-0.05, 0) is 18.6 Å². The Morgan fingerprint density at radius 2 is 2.32 bits per heavy atom. The number of pyridine rings is 1. The van der Waals surface area contributed by atoms with Crippen LogP contribution in [0.15, 0.2) is 23.7 Å². The summed E-state index contributed by atoms with van der Waals surface area (Å²) in [5, 5.41) is 5.80. The molecule has 0 saturated heterocycles. The molecule has 0 aliphatic rings. The number of nitrogens with zero attached hydrogens (tertiary/aromatic N) is 2. The summed E-state index contributed by atoms with van der Waals surface area (Å²) in [6.07, 6.45) is 3.26. The van der Waals surface area contributed by atoms with E-state index in [4.69, 9.17) is 5.73 Å². The number of carbonyl (C=O) groups excluding carboxylic acids is 1. The van der Waals surface area contributed by atoms with E-state index in [0.717, 1.165) is 23.5 Å². The second kappa shape index (κ2) is 6.29. The van der Waals surface area contributed by atoms with Gasteiger partial charge in [0.15, 0.2) is 0 Å². The van der Waals surface area contributed by atoms with Crippen LogP contribution in [0.3, 0.4) is 0 Å². The smallest absolute Gasteiger partial charge is 0.251 e. The van der Waals surface area contributed by atoms with Gasteiger partial charge in [-0.1, -0.05) is 6.92 Å². The van der Waals surface area contributed by atoms with Crippen molar-refractivity contribution < 1.29 is 4.79 Å². The zero-order chi connectivity index (χ0) is 13.7. The lowest BCUT2D eigenvalue weighted by molar-refractivity contribution is 0.0954. The Balaban J connectivity index is 1.94. The normalized spacial score (nSPS) is 10.4. The number of nitrogen functional groups attached to an aromatic ring is 1. The van der Waals surface area contributed by atoms with Crippen molar-refractivity contribution >= 4 is 23.1 Å². The molecule has 2 heterocycles. The molecular weight excluding hydrogens is 260 g/mol. The first-order valence-corrected chi connectivity index (χ1v) is 7.00. The molecule has 2 rings (SSSR count). The van der Waals surface area contributed by atoms with E-state index in [1.807, 2.05) is 12.3 Å². The standard InChI is InChI=1S/C13H16N4OS/c1-2-10-7-9(8-11(14)17-10)13(18)16-4-3-12-15-5-6-19-12/h5-8H,2-4H2,1H3,(H2,14,17)(H,16,18). The largest absolute Gasteiger partial charge is 0.384 e. The number of aryl methyl sites for hydroxylation is 1. The highest BCUT2D eigenvalue weighted by molar-refractivity contribution is 7.09. The van der Waals surface area contributed by atoms with E-state index in [2.05, 4.69) is 15.3 Å². The topological polar surface area (TPSA) is 80.9 Å². The Kier molecular flexibility index (Phi) is 4.46. The van der Waals surface area contributed by atoms with Gasteiger partial charge in [-0.15, -0.1) is 11.3 Å². The molecule has 6 heteroatoms. The van der Waals surface area contributed by atoms with Crippen molar-refractivity contribution in [2.75, 3.05) is 12.3 Å². The Labute approximate surface area is 115 Å². The van der Waals surface area contributed by atoms with Crippen LogP contribution in [0.5, 0.6) is 0 Å². The van der Waals surface area contributed by atoms with Crippen molar-refractivity contribution in [2.45, 2.75) is 19.8 Å². The quantitative estimate of drug-likeness (QED) is 0.870. The molecule has 19 heavy (non-hydrogen) atoms. The minimum atomic E-state index is -0.125. The number of rotatable bonds is 5. The molecule has 0 bridgehead atoms. The summed E-state index contributed by atoms with van der Waals surface area (Å²) < 4.78 is 0. The van der Waals surface area contributed by atoms with Crippen LogP contribution in [0.4, 0.5) is 5.82 Å². The molecule has 3 N–H and O–H groups in total. The van der Waals surface area contributed by atoms with E-state index in [9.17, 15) is 4.79 Å². The fourth-order valence-electron chi connectivity index (χ4n) is 1.68. The van der Waals surface area contributed by atoms with Gasteiger partial charge in [0, 0.05) is 35.8 Å². The first kappa shape index (κ1) is 13.5. The Bertz CT molecular complexity index is 554. The monoisotopic (exact) mass is 276 g/mol. The molecule has 0 radical (unpaired) electrons. The highest BCUT2D eigenvalue weighted by Gasteiger charge is 2.08. The molecule has 0 aliphatic heterocycles. The van der Waals surface area contributed by atoms with E-state index >= 15 is 0 Å². The summed E-state index contributed by atoms with van der Waals surface area (Å²) in [6.45, 7) is 2.54. The lowest BCUT2D eigenvalue weighted by Crippen LogP contribution is -2.26. The van der Waals surface area contributed by atoms with Crippen molar-refractivity contribution in [1.82, 2.24) is 15.3 Å². The summed E-state index contributed by atoms with van der Waals surface area (Å²) in [4.78, 5) is 20.3. The molecule has 2 aromatic heterocycles. The van der Waals surface area contributed by atoms with Gasteiger partial charge < -0.3 is 11.1 Å². The molecule has 0 atom stereocenters. The van der Waals surface area contributed by atoms with Crippen LogP contribution >= 0.6 is 11.3 Å². The highest BCUT2D eigenvalue weighted by Crippen LogP contribution is 2.09. The highest BCUT2D eigenvalue weighted by atomic mass is 32.1. The van der Waals surface area contributed by atoms with Crippen LogP contribution in [0.2, 0.25) is 0 Å². The van der Waals surface area contributed by atoms with E-state index < -0.39 is 0 Å². The third-order valence-corrected chi connectivity index (χ3v) is 3.47. The fourth-order valence-corrected chi connectivity index (χ4v) is 2.30. The Hall–Kier alpha value is -1.95. The maximum atomic E-state index is 12.0. The summed E-state index contributed by atoms with van der Waals surface area (Å²) >= 11 is 1.59. The molecular formula is C13H16N4OS. The third-order valence-electron chi connectivity index (χ3n) is 2.63. The van der Waals surface area contributed by atoms with Crippen LogP contribution in [0, 0.1) is 0 Å². The van der Waals surface area contributed by atoms with Crippen LogP contribution in [0.25, 0.3) is 0 Å². The van der Waals surface area contributed by atoms with Crippen LogP contribution in [0.1, 0.15) is 28.0 Å². The predicted molar refractivity (Wildman–Crippen MR) is 76.2 cm³/mol. The molecule has 100 valence electrons. The Morgan fingerprint density at radius 1 is 1.47 bits per heavy atom. The van der Waals surface area contributed by atoms with E-state index in [0.29, 0.717) is 17.9 Å². The third kappa shape index (κ3) is 3.75. The maximum absolute atomic E-state index is 12.0. The van der Waals surface area contributed by atoms with E-state index in [1.54, 1.807) is 29.7 Å². The van der Waals surface area contributed by atoms with Crippen LogP contribution < -0.4 is 11.1 Å². The zero-order valence-electron chi connectivity index (χ0n) is 10.7. The van der Waals surface area contributed by atoms with Crippen molar-refractivity contribution in [1.29, 1.82) is 0 Å². The van der Waals surface area contributed by atoms with Gasteiger partial charge in [0.2, 0.25) is 0 Å². The fraction of sp³-hybridized carbons (Fsp3) is 0.308. The second-order valence-corrected chi connectivity index (χ2v) is 5.04. The average Bonchev–Trinajstić information content (AvgIpc) is 2.91. The number of nitrogens with two attached hydrogens (primary N) is 1. The molecule has 0 aliphatic carbocycles. The lowest BCUT2D eigenvalue weighted by Gasteiger charge is -2.06. The van der Waals surface area contributed by atoms with Crippen LogP contribution in [-0.2, 0) is 12.8 Å². The number of aromatic nitrogens is 2. The number of carbonyl (C=O) groups is 1. The molecule has 2 aromatic rings. The average molecular weight is 276 g/mol. The number of anilines is 1. The molecule has 0 unspecified atom stereocenters. The van der Waals surface area contributed by atoms with Gasteiger partial charge in [-0.3, -0.25) is 4.79 Å². The number of hydrogen-bond donors (Lipinski definition) is 2. The predicted octanol–water partition coefficient (Wildman–Crippen LogP) is 1.66. The maximum Gasteiger partial charge on any atom is 0.251 e. The van der Waals surface area contributed by atoms with Gasteiger partial charge in [0.1, 0.15) is 5.82 Å². The van der Waals surface area contributed by atoms with Crippen molar-refractivity contribution in [3.8, 4) is 0 Å². The number of thiazole rings is 1. The van der Waals surface area contributed by atoms with E-state index in [-0.39, 0.29) is 5.91 Å².